The number of hydrogen-bond acceptors (Lipinski definition) is 4. The van der Waals surface area contributed by atoms with Crippen LogP contribution >= 0.6 is 0 Å². The second kappa shape index (κ2) is 7.48. The molecule has 0 aromatic heterocycles. The molecule has 0 radical (unpaired) electrons. The van der Waals surface area contributed by atoms with Gasteiger partial charge < -0.3 is 19.9 Å². The number of nitrogens with zero attached hydrogens (tertiary/aromatic N) is 2. The van der Waals surface area contributed by atoms with Gasteiger partial charge in [0.25, 0.3) is 5.91 Å². The molecule has 30 heavy (non-hydrogen) atoms. The summed E-state index contributed by atoms with van der Waals surface area (Å²) in [5, 5.41) is 2.86. The molecule has 1 saturated heterocycles. The van der Waals surface area contributed by atoms with Crippen molar-refractivity contribution < 1.29 is 19.1 Å². The van der Waals surface area contributed by atoms with E-state index in [-0.39, 0.29) is 24.9 Å². The molecule has 2 heterocycles. The van der Waals surface area contributed by atoms with Crippen LogP contribution in [0.25, 0.3) is 11.1 Å². The summed E-state index contributed by atoms with van der Waals surface area (Å²) in [5.41, 5.74) is 2.22. The monoisotopic (exact) mass is 407 g/mol. The van der Waals surface area contributed by atoms with Gasteiger partial charge in [0.05, 0.1) is 17.8 Å². The Bertz CT molecular complexity index is 997. The van der Waals surface area contributed by atoms with Crippen LogP contribution < -0.4 is 5.32 Å². The van der Waals surface area contributed by atoms with E-state index in [2.05, 4.69) is 5.32 Å². The van der Waals surface area contributed by atoms with Crippen LogP contribution in [0.3, 0.4) is 0 Å². The first-order valence-corrected chi connectivity index (χ1v) is 10.0. The SMILES string of the molecule is CC(C)(C)OC(=O)N1CCN2C(=O)c3cc(-c4ccccc4)ccc3NC(=O)C2C1. The van der Waals surface area contributed by atoms with Gasteiger partial charge in [0, 0.05) is 13.1 Å². The topological polar surface area (TPSA) is 79.0 Å². The van der Waals surface area contributed by atoms with Crippen molar-refractivity contribution in [2.24, 2.45) is 0 Å². The Morgan fingerprint density at radius 1 is 1.03 bits per heavy atom. The van der Waals surface area contributed by atoms with Crippen LogP contribution in [0.5, 0.6) is 0 Å². The fourth-order valence-electron chi connectivity index (χ4n) is 3.75. The van der Waals surface area contributed by atoms with Gasteiger partial charge in [-0.2, -0.15) is 0 Å². The van der Waals surface area contributed by atoms with Crippen molar-refractivity contribution in [3.63, 3.8) is 0 Å². The summed E-state index contributed by atoms with van der Waals surface area (Å²) in [6, 6.07) is 14.5. The molecule has 2 aromatic rings. The van der Waals surface area contributed by atoms with Crippen LogP contribution in [0.2, 0.25) is 0 Å². The normalized spacial score (nSPS) is 18.8. The first kappa shape index (κ1) is 19.9. The lowest BCUT2D eigenvalue weighted by molar-refractivity contribution is -0.122. The summed E-state index contributed by atoms with van der Waals surface area (Å²) in [6.45, 7) is 6.08. The molecule has 0 bridgehead atoms. The maximum absolute atomic E-state index is 13.3. The Balaban J connectivity index is 1.60. The predicted octanol–water partition coefficient (Wildman–Crippen LogP) is 3.37. The first-order valence-electron chi connectivity index (χ1n) is 10.0. The molecule has 156 valence electrons. The van der Waals surface area contributed by atoms with Crippen molar-refractivity contribution in [3.05, 3.63) is 54.1 Å². The molecule has 1 fully saturated rings. The first-order chi connectivity index (χ1) is 14.2. The number of benzene rings is 2. The molecule has 2 aliphatic heterocycles. The smallest absolute Gasteiger partial charge is 0.410 e. The summed E-state index contributed by atoms with van der Waals surface area (Å²) < 4.78 is 5.43. The van der Waals surface area contributed by atoms with Gasteiger partial charge in [-0.05, 0) is 44.0 Å². The van der Waals surface area contributed by atoms with Crippen molar-refractivity contribution in [1.82, 2.24) is 9.80 Å². The molecule has 4 rings (SSSR count). The highest BCUT2D eigenvalue weighted by atomic mass is 16.6. The number of hydrogen-bond donors (Lipinski definition) is 1. The molecule has 1 unspecified atom stereocenters. The summed E-state index contributed by atoms with van der Waals surface area (Å²) in [4.78, 5) is 41.7. The second-order valence-electron chi connectivity index (χ2n) is 8.56. The van der Waals surface area contributed by atoms with Gasteiger partial charge in [-0.25, -0.2) is 4.79 Å². The highest BCUT2D eigenvalue weighted by Gasteiger charge is 2.41. The molecular weight excluding hydrogens is 382 g/mol. The molecule has 1 atom stereocenters. The molecule has 0 aliphatic carbocycles. The zero-order chi connectivity index (χ0) is 21.5. The number of carbonyl (C=O) groups excluding carboxylic acids is 3. The Morgan fingerprint density at radius 3 is 2.47 bits per heavy atom. The largest absolute Gasteiger partial charge is 0.444 e. The van der Waals surface area contributed by atoms with Crippen molar-refractivity contribution in [3.8, 4) is 11.1 Å². The fraction of sp³-hybridized carbons (Fsp3) is 0.348. The quantitative estimate of drug-likeness (QED) is 0.786. The summed E-state index contributed by atoms with van der Waals surface area (Å²) in [6.07, 6.45) is -0.476. The minimum atomic E-state index is -0.758. The number of rotatable bonds is 1. The number of fused-ring (bicyclic) bond motifs is 2. The number of piperazine rings is 1. The number of carbonyl (C=O) groups is 3. The van der Waals surface area contributed by atoms with Crippen LogP contribution in [0.15, 0.2) is 48.5 Å². The van der Waals surface area contributed by atoms with Crippen molar-refractivity contribution in [2.75, 3.05) is 25.0 Å². The van der Waals surface area contributed by atoms with E-state index in [0.29, 0.717) is 17.8 Å². The minimum Gasteiger partial charge on any atom is -0.444 e. The number of amides is 3. The Morgan fingerprint density at radius 2 is 1.77 bits per heavy atom. The lowest BCUT2D eigenvalue weighted by Crippen LogP contribution is -2.60. The molecule has 3 amide bonds. The van der Waals surface area contributed by atoms with Crippen LogP contribution in [0.4, 0.5) is 10.5 Å². The van der Waals surface area contributed by atoms with Gasteiger partial charge >= 0.3 is 6.09 Å². The van der Waals surface area contributed by atoms with Crippen molar-refractivity contribution in [2.45, 2.75) is 32.4 Å². The third kappa shape index (κ3) is 3.87. The second-order valence-corrected chi connectivity index (χ2v) is 8.56. The molecule has 2 aromatic carbocycles. The molecule has 7 heteroatoms. The maximum atomic E-state index is 13.3. The average Bonchev–Trinajstić information content (AvgIpc) is 2.82. The molecular formula is C23H25N3O4. The van der Waals surface area contributed by atoms with E-state index in [9.17, 15) is 14.4 Å². The molecule has 1 N–H and O–H groups in total. The van der Waals surface area contributed by atoms with Gasteiger partial charge in [-0.3, -0.25) is 9.59 Å². The number of nitrogens with one attached hydrogen (secondary N) is 1. The van der Waals surface area contributed by atoms with Crippen molar-refractivity contribution in [1.29, 1.82) is 0 Å². The van der Waals surface area contributed by atoms with E-state index in [1.54, 1.807) is 31.7 Å². The Labute approximate surface area is 175 Å². The number of anilines is 1. The van der Waals surface area contributed by atoms with Crippen LogP contribution in [-0.4, -0.2) is 59.0 Å². The highest BCUT2D eigenvalue weighted by molar-refractivity contribution is 6.10. The van der Waals surface area contributed by atoms with E-state index in [0.717, 1.165) is 11.1 Å². The summed E-state index contributed by atoms with van der Waals surface area (Å²) in [5.74, 6) is -0.516. The van der Waals surface area contributed by atoms with E-state index in [4.69, 9.17) is 4.74 Å². The van der Waals surface area contributed by atoms with Crippen LogP contribution in [-0.2, 0) is 9.53 Å². The number of ether oxygens (including phenoxy) is 1. The Kier molecular flexibility index (Phi) is 4.97. The fourth-order valence-corrected chi connectivity index (χ4v) is 3.75. The maximum Gasteiger partial charge on any atom is 0.410 e. The Hall–Kier alpha value is -3.35. The lowest BCUT2D eigenvalue weighted by Gasteiger charge is -2.39. The highest BCUT2D eigenvalue weighted by Crippen LogP contribution is 2.30. The predicted molar refractivity (Wildman–Crippen MR) is 113 cm³/mol. The van der Waals surface area contributed by atoms with E-state index in [1.165, 1.54) is 4.90 Å². The zero-order valence-electron chi connectivity index (χ0n) is 17.3. The lowest BCUT2D eigenvalue weighted by atomic mass is 10.0. The molecule has 0 saturated carbocycles. The van der Waals surface area contributed by atoms with Gasteiger partial charge in [0.1, 0.15) is 11.6 Å². The van der Waals surface area contributed by atoms with E-state index in [1.807, 2.05) is 42.5 Å². The average molecular weight is 407 g/mol. The van der Waals surface area contributed by atoms with Gasteiger partial charge in [-0.15, -0.1) is 0 Å². The standard InChI is InChI=1S/C23H25N3O4/c1-23(2,3)30-22(29)25-11-12-26-19(14-25)20(27)24-18-10-9-16(13-17(18)21(26)28)15-7-5-4-6-8-15/h4-10,13,19H,11-12,14H2,1-3H3,(H,24,27). The summed E-state index contributed by atoms with van der Waals surface area (Å²) in [7, 11) is 0. The van der Waals surface area contributed by atoms with Gasteiger partial charge in [0.15, 0.2) is 0 Å². The van der Waals surface area contributed by atoms with Crippen LogP contribution in [0, 0.1) is 0 Å². The van der Waals surface area contributed by atoms with E-state index >= 15 is 0 Å². The van der Waals surface area contributed by atoms with Gasteiger partial charge in [0.2, 0.25) is 5.91 Å². The molecule has 7 nitrogen and oxygen atoms in total. The minimum absolute atomic E-state index is 0.103. The zero-order valence-corrected chi connectivity index (χ0v) is 17.3. The molecule has 0 spiro atoms. The molecule has 2 aliphatic rings. The van der Waals surface area contributed by atoms with Gasteiger partial charge in [-0.1, -0.05) is 36.4 Å². The third-order valence-corrected chi connectivity index (χ3v) is 5.21. The van der Waals surface area contributed by atoms with Crippen molar-refractivity contribution >= 4 is 23.6 Å². The van der Waals surface area contributed by atoms with Crippen LogP contribution in [0.1, 0.15) is 31.1 Å². The summed E-state index contributed by atoms with van der Waals surface area (Å²) >= 11 is 0. The third-order valence-electron chi connectivity index (χ3n) is 5.21. The van der Waals surface area contributed by atoms with E-state index < -0.39 is 17.7 Å².